The zero-order chi connectivity index (χ0) is 16.4. The molecule has 0 aliphatic carbocycles. The van der Waals surface area contributed by atoms with Gasteiger partial charge in [0.15, 0.2) is 0 Å². The minimum absolute atomic E-state index is 0.124. The van der Waals surface area contributed by atoms with E-state index < -0.39 is 18.1 Å². The van der Waals surface area contributed by atoms with Crippen LogP contribution >= 0.6 is 11.6 Å². The van der Waals surface area contributed by atoms with Crippen molar-refractivity contribution in [3.05, 3.63) is 34.9 Å². The number of nitrogens with one attached hydrogen (secondary N) is 1. The van der Waals surface area contributed by atoms with E-state index in [4.69, 9.17) is 22.1 Å². The summed E-state index contributed by atoms with van der Waals surface area (Å²) in [6.07, 6.45) is 1.42. The summed E-state index contributed by atoms with van der Waals surface area (Å²) >= 11 is 5.96. The third-order valence-corrected chi connectivity index (χ3v) is 3.40. The quantitative estimate of drug-likeness (QED) is 0.564. The number of benzene rings is 1. The van der Waals surface area contributed by atoms with Crippen LogP contribution in [0.5, 0.6) is 0 Å². The number of amides is 1. The van der Waals surface area contributed by atoms with E-state index in [-0.39, 0.29) is 6.61 Å². The van der Waals surface area contributed by atoms with Crippen LogP contribution in [-0.2, 0) is 20.9 Å². The molecule has 0 spiro atoms. The monoisotopic (exact) mass is 328 g/mol. The predicted octanol–water partition coefficient (Wildman–Crippen LogP) is 2.24. The normalized spacial score (nSPS) is 11.6. The number of rotatable bonds is 8. The Morgan fingerprint density at radius 2 is 2.05 bits per heavy atom. The van der Waals surface area contributed by atoms with E-state index in [2.05, 4.69) is 10.1 Å². The Morgan fingerprint density at radius 3 is 2.73 bits per heavy atom. The van der Waals surface area contributed by atoms with Crippen molar-refractivity contribution in [1.82, 2.24) is 5.32 Å². The van der Waals surface area contributed by atoms with E-state index >= 15 is 0 Å². The van der Waals surface area contributed by atoms with Gasteiger partial charge in [0, 0.05) is 17.1 Å². The average molecular weight is 329 g/mol. The molecule has 0 aliphatic rings. The van der Waals surface area contributed by atoms with E-state index in [1.165, 1.54) is 7.11 Å². The van der Waals surface area contributed by atoms with E-state index in [9.17, 15) is 9.59 Å². The molecule has 0 radical (unpaired) electrons. The van der Waals surface area contributed by atoms with Crippen LogP contribution in [0.15, 0.2) is 24.3 Å². The zero-order valence-corrected chi connectivity index (χ0v) is 13.3. The van der Waals surface area contributed by atoms with Crippen molar-refractivity contribution < 1.29 is 19.1 Å². The molecular formula is C15H21ClN2O4. The molecular weight excluding hydrogens is 308 g/mol. The van der Waals surface area contributed by atoms with Gasteiger partial charge in [0.1, 0.15) is 12.6 Å². The molecule has 0 aromatic heterocycles. The number of esters is 1. The van der Waals surface area contributed by atoms with Crippen LogP contribution in [0.4, 0.5) is 4.79 Å². The highest BCUT2D eigenvalue weighted by Gasteiger charge is 2.12. The van der Waals surface area contributed by atoms with Gasteiger partial charge in [-0.3, -0.25) is 4.79 Å². The first kappa shape index (κ1) is 18.3. The number of hydrogen-bond donors (Lipinski definition) is 2. The molecule has 1 atom stereocenters. The molecule has 0 heterocycles. The van der Waals surface area contributed by atoms with Crippen molar-refractivity contribution in [3.63, 3.8) is 0 Å². The fourth-order valence-corrected chi connectivity index (χ4v) is 1.95. The van der Waals surface area contributed by atoms with Crippen molar-refractivity contribution in [2.75, 3.05) is 13.7 Å². The lowest BCUT2D eigenvalue weighted by Gasteiger charge is -2.10. The second kappa shape index (κ2) is 10.0. The highest BCUT2D eigenvalue weighted by molar-refractivity contribution is 6.31. The van der Waals surface area contributed by atoms with Crippen LogP contribution in [0.2, 0.25) is 5.02 Å². The Balaban J connectivity index is 2.11. The smallest absolute Gasteiger partial charge is 0.407 e. The van der Waals surface area contributed by atoms with E-state index in [0.29, 0.717) is 30.8 Å². The lowest BCUT2D eigenvalue weighted by Crippen LogP contribution is -2.31. The van der Waals surface area contributed by atoms with Crippen LogP contribution in [-0.4, -0.2) is 31.8 Å². The Bertz CT molecular complexity index is 496. The highest BCUT2D eigenvalue weighted by Crippen LogP contribution is 2.15. The number of halogens is 1. The molecule has 0 unspecified atom stereocenters. The molecule has 0 saturated carbocycles. The maximum atomic E-state index is 11.5. The minimum atomic E-state index is -0.614. The maximum Gasteiger partial charge on any atom is 0.407 e. The number of hydrogen-bond acceptors (Lipinski definition) is 5. The number of carbonyl (C=O) groups excluding carboxylic acids is 2. The molecule has 1 amide bonds. The molecule has 7 heteroatoms. The van der Waals surface area contributed by atoms with E-state index in [1.54, 1.807) is 12.1 Å². The first-order chi connectivity index (χ1) is 10.5. The van der Waals surface area contributed by atoms with Gasteiger partial charge >= 0.3 is 12.1 Å². The van der Waals surface area contributed by atoms with Gasteiger partial charge in [-0.15, -0.1) is 0 Å². The van der Waals surface area contributed by atoms with Gasteiger partial charge < -0.3 is 20.5 Å². The lowest BCUT2D eigenvalue weighted by molar-refractivity contribution is -0.142. The highest BCUT2D eigenvalue weighted by atomic mass is 35.5. The van der Waals surface area contributed by atoms with Crippen molar-refractivity contribution in [3.8, 4) is 0 Å². The molecule has 0 aliphatic heterocycles. The standard InChI is InChI=1S/C15H21ClN2O4/c1-21-14(19)13(17)8-4-5-9-18-15(20)22-10-11-6-2-3-7-12(11)16/h2-3,6-7,13H,4-5,8-10,17H2,1H3,(H,18,20)/t13-/m1/s1. The summed E-state index contributed by atoms with van der Waals surface area (Å²) in [4.78, 5) is 22.6. The zero-order valence-electron chi connectivity index (χ0n) is 12.5. The summed E-state index contributed by atoms with van der Waals surface area (Å²) in [5.74, 6) is -0.424. The van der Waals surface area contributed by atoms with Crippen LogP contribution in [0.1, 0.15) is 24.8 Å². The maximum absolute atomic E-state index is 11.5. The number of unbranched alkanes of at least 4 members (excludes halogenated alkanes) is 1. The van der Waals surface area contributed by atoms with Crippen LogP contribution in [0.25, 0.3) is 0 Å². The van der Waals surface area contributed by atoms with Gasteiger partial charge in [0.05, 0.1) is 7.11 Å². The Labute approximate surface area is 134 Å². The first-order valence-corrected chi connectivity index (χ1v) is 7.40. The van der Waals surface area contributed by atoms with Gasteiger partial charge in [-0.25, -0.2) is 4.79 Å². The summed E-state index contributed by atoms with van der Waals surface area (Å²) in [7, 11) is 1.30. The SMILES string of the molecule is COC(=O)[C@H](N)CCCCNC(=O)OCc1ccccc1Cl. The number of carbonyl (C=O) groups is 2. The molecule has 1 aromatic rings. The van der Waals surface area contributed by atoms with Gasteiger partial charge in [-0.2, -0.15) is 0 Å². The molecule has 1 aromatic carbocycles. The van der Waals surface area contributed by atoms with Crippen molar-refractivity contribution in [2.45, 2.75) is 31.9 Å². The fourth-order valence-electron chi connectivity index (χ4n) is 1.76. The second-order valence-electron chi connectivity index (χ2n) is 4.72. The van der Waals surface area contributed by atoms with Gasteiger partial charge in [0.25, 0.3) is 0 Å². The van der Waals surface area contributed by atoms with Crippen molar-refractivity contribution in [1.29, 1.82) is 0 Å². The Kier molecular flexibility index (Phi) is 8.32. The molecule has 122 valence electrons. The number of ether oxygens (including phenoxy) is 2. The minimum Gasteiger partial charge on any atom is -0.468 e. The first-order valence-electron chi connectivity index (χ1n) is 7.02. The second-order valence-corrected chi connectivity index (χ2v) is 5.13. The molecule has 0 saturated heterocycles. The lowest BCUT2D eigenvalue weighted by atomic mass is 10.1. The van der Waals surface area contributed by atoms with Crippen LogP contribution < -0.4 is 11.1 Å². The molecule has 22 heavy (non-hydrogen) atoms. The van der Waals surface area contributed by atoms with Crippen molar-refractivity contribution >= 4 is 23.7 Å². The van der Waals surface area contributed by atoms with Gasteiger partial charge in [0.2, 0.25) is 0 Å². The number of nitrogens with two attached hydrogens (primary N) is 1. The van der Waals surface area contributed by atoms with Gasteiger partial charge in [-0.05, 0) is 25.3 Å². The topological polar surface area (TPSA) is 90.6 Å². The fraction of sp³-hybridized carbons (Fsp3) is 0.467. The molecule has 0 bridgehead atoms. The summed E-state index contributed by atoms with van der Waals surface area (Å²) in [5, 5.41) is 3.19. The number of alkyl carbamates (subject to hydrolysis) is 1. The third-order valence-electron chi connectivity index (χ3n) is 3.03. The molecule has 6 nitrogen and oxygen atoms in total. The predicted molar refractivity (Wildman–Crippen MR) is 83.5 cm³/mol. The van der Waals surface area contributed by atoms with Gasteiger partial charge in [-0.1, -0.05) is 29.8 Å². The Morgan fingerprint density at radius 1 is 1.32 bits per heavy atom. The van der Waals surface area contributed by atoms with Crippen molar-refractivity contribution in [2.24, 2.45) is 5.73 Å². The Hall–Kier alpha value is -1.79. The van der Waals surface area contributed by atoms with E-state index in [1.807, 2.05) is 12.1 Å². The van der Waals surface area contributed by atoms with Crippen LogP contribution in [0, 0.1) is 0 Å². The largest absolute Gasteiger partial charge is 0.468 e. The average Bonchev–Trinajstić information content (AvgIpc) is 2.52. The van der Waals surface area contributed by atoms with E-state index in [0.717, 1.165) is 5.56 Å². The molecule has 1 rings (SSSR count). The number of methoxy groups -OCH3 is 1. The summed E-state index contributed by atoms with van der Waals surface area (Å²) in [5.41, 5.74) is 6.35. The van der Waals surface area contributed by atoms with Crippen LogP contribution in [0.3, 0.4) is 0 Å². The molecule has 3 N–H and O–H groups in total. The molecule has 0 fully saturated rings. The summed E-state index contributed by atoms with van der Waals surface area (Å²) in [6, 6.07) is 6.56. The summed E-state index contributed by atoms with van der Waals surface area (Å²) in [6.45, 7) is 0.577. The third kappa shape index (κ3) is 6.78. The summed E-state index contributed by atoms with van der Waals surface area (Å²) < 4.78 is 9.59.